The lowest BCUT2D eigenvalue weighted by Crippen LogP contribution is -2.44. The molecule has 1 atom stereocenters. The third-order valence-electron chi connectivity index (χ3n) is 3.52. The van der Waals surface area contributed by atoms with E-state index in [9.17, 15) is 0 Å². The predicted octanol–water partition coefficient (Wildman–Crippen LogP) is 2.63. The zero-order chi connectivity index (χ0) is 11.8. The largest absolute Gasteiger partial charge is 0.497 e. The summed E-state index contributed by atoms with van der Waals surface area (Å²) in [5.41, 5.74) is 1.09. The first kappa shape index (κ1) is 11.0. The van der Waals surface area contributed by atoms with Gasteiger partial charge in [0.1, 0.15) is 5.75 Å². The summed E-state index contributed by atoms with van der Waals surface area (Å²) in [5, 5.41) is 4.57. The van der Waals surface area contributed by atoms with Crippen LogP contribution in [0.25, 0.3) is 10.2 Å². The molecule has 17 heavy (non-hydrogen) atoms. The van der Waals surface area contributed by atoms with Crippen molar-refractivity contribution in [1.29, 1.82) is 0 Å². The van der Waals surface area contributed by atoms with Crippen LogP contribution in [0.3, 0.4) is 0 Å². The molecule has 1 aliphatic heterocycles. The van der Waals surface area contributed by atoms with Crippen molar-refractivity contribution in [3.63, 3.8) is 0 Å². The van der Waals surface area contributed by atoms with Gasteiger partial charge in [-0.25, -0.2) is 4.98 Å². The smallest absolute Gasteiger partial charge is 0.120 e. The minimum atomic E-state index is 0.555. The molecule has 1 aromatic carbocycles. The van der Waals surface area contributed by atoms with E-state index in [0.717, 1.165) is 30.3 Å². The Bertz CT molecular complexity index is 533. The fraction of sp³-hybridized carbons (Fsp3) is 0.462. The van der Waals surface area contributed by atoms with Gasteiger partial charge in [0.05, 0.1) is 22.3 Å². The van der Waals surface area contributed by atoms with Crippen LogP contribution < -0.4 is 10.1 Å². The maximum atomic E-state index is 5.24. The Morgan fingerprint density at radius 3 is 2.94 bits per heavy atom. The fourth-order valence-corrected chi connectivity index (χ4v) is 3.25. The van der Waals surface area contributed by atoms with Crippen molar-refractivity contribution in [3.05, 3.63) is 23.2 Å². The number of benzene rings is 1. The highest BCUT2D eigenvalue weighted by atomic mass is 32.1. The van der Waals surface area contributed by atoms with Crippen molar-refractivity contribution < 1.29 is 4.74 Å². The Balaban J connectivity index is 1.95. The SMILES string of the molecule is COc1ccc2nc(C(C)C3CNC3)sc2c1. The number of fused-ring (bicyclic) bond motifs is 1. The second-order valence-corrected chi connectivity index (χ2v) is 5.65. The third kappa shape index (κ3) is 1.91. The maximum Gasteiger partial charge on any atom is 0.120 e. The summed E-state index contributed by atoms with van der Waals surface area (Å²) in [6.45, 7) is 4.53. The van der Waals surface area contributed by atoms with Gasteiger partial charge < -0.3 is 10.1 Å². The monoisotopic (exact) mass is 248 g/mol. The van der Waals surface area contributed by atoms with Gasteiger partial charge in [-0.15, -0.1) is 11.3 Å². The van der Waals surface area contributed by atoms with Crippen LogP contribution in [0.2, 0.25) is 0 Å². The number of hydrogen-bond donors (Lipinski definition) is 1. The number of rotatable bonds is 3. The molecule has 0 aliphatic carbocycles. The number of ether oxygens (including phenoxy) is 1. The quantitative estimate of drug-likeness (QED) is 0.906. The van der Waals surface area contributed by atoms with Gasteiger partial charge in [0.15, 0.2) is 0 Å². The van der Waals surface area contributed by atoms with Crippen LogP contribution in [-0.4, -0.2) is 25.2 Å². The van der Waals surface area contributed by atoms with Crippen molar-refractivity contribution in [2.75, 3.05) is 20.2 Å². The highest BCUT2D eigenvalue weighted by molar-refractivity contribution is 7.18. The molecule has 0 spiro atoms. The average Bonchev–Trinajstić information content (AvgIpc) is 2.68. The van der Waals surface area contributed by atoms with Gasteiger partial charge in [-0.1, -0.05) is 6.92 Å². The highest BCUT2D eigenvalue weighted by Gasteiger charge is 2.26. The van der Waals surface area contributed by atoms with Crippen LogP contribution in [0.5, 0.6) is 5.75 Å². The number of nitrogens with one attached hydrogen (secondary N) is 1. The standard InChI is InChI=1S/C13H16N2OS/c1-8(9-6-14-7-9)13-15-11-4-3-10(16-2)5-12(11)17-13/h3-5,8-9,14H,6-7H2,1-2H3. The number of hydrogen-bond acceptors (Lipinski definition) is 4. The molecule has 3 nitrogen and oxygen atoms in total. The zero-order valence-corrected chi connectivity index (χ0v) is 10.9. The van der Waals surface area contributed by atoms with Crippen LogP contribution in [0.4, 0.5) is 0 Å². The van der Waals surface area contributed by atoms with Crippen molar-refractivity contribution in [2.45, 2.75) is 12.8 Å². The maximum absolute atomic E-state index is 5.24. The van der Waals surface area contributed by atoms with E-state index >= 15 is 0 Å². The van der Waals surface area contributed by atoms with E-state index in [0.29, 0.717) is 5.92 Å². The minimum absolute atomic E-state index is 0.555. The highest BCUT2D eigenvalue weighted by Crippen LogP contribution is 2.34. The second-order valence-electron chi connectivity index (χ2n) is 4.59. The summed E-state index contributed by atoms with van der Waals surface area (Å²) in [7, 11) is 1.70. The van der Waals surface area contributed by atoms with Gasteiger partial charge in [0, 0.05) is 5.92 Å². The summed E-state index contributed by atoms with van der Waals surface area (Å²) in [4.78, 5) is 4.73. The van der Waals surface area contributed by atoms with E-state index in [-0.39, 0.29) is 0 Å². The van der Waals surface area contributed by atoms with E-state index in [1.807, 2.05) is 12.1 Å². The van der Waals surface area contributed by atoms with Crippen molar-refractivity contribution in [1.82, 2.24) is 10.3 Å². The molecule has 3 rings (SSSR count). The molecule has 1 saturated heterocycles. The summed E-state index contributed by atoms with van der Waals surface area (Å²) >= 11 is 1.79. The lowest BCUT2D eigenvalue weighted by atomic mass is 9.89. The molecule has 2 heterocycles. The van der Waals surface area contributed by atoms with E-state index in [2.05, 4.69) is 18.3 Å². The third-order valence-corrected chi connectivity index (χ3v) is 4.74. The molecule has 1 aromatic heterocycles. The lowest BCUT2D eigenvalue weighted by molar-refractivity contribution is 0.303. The molecule has 1 N–H and O–H groups in total. The Hall–Kier alpha value is -1.13. The molecular weight excluding hydrogens is 232 g/mol. The van der Waals surface area contributed by atoms with Gasteiger partial charge in [-0.2, -0.15) is 0 Å². The molecule has 0 radical (unpaired) electrons. The topological polar surface area (TPSA) is 34.1 Å². The molecule has 2 aromatic rings. The minimum Gasteiger partial charge on any atom is -0.497 e. The van der Waals surface area contributed by atoms with Gasteiger partial charge in [0.2, 0.25) is 0 Å². The van der Waals surface area contributed by atoms with Crippen LogP contribution in [-0.2, 0) is 0 Å². The van der Waals surface area contributed by atoms with Gasteiger partial charge >= 0.3 is 0 Å². The Kier molecular flexibility index (Phi) is 2.76. The Morgan fingerprint density at radius 2 is 2.29 bits per heavy atom. The van der Waals surface area contributed by atoms with Crippen molar-refractivity contribution in [3.8, 4) is 5.75 Å². The molecule has 1 fully saturated rings. The average molecular weight is 248 g/mol. The van der Waals surface area contributed by atoms with E-state index in [1.54, 1.807) is 18.4 Å². The van der Waals surface area contributed by atoms with Gasteiger partial charge in [-0.05, 0) is 37.2 Å². The lowest BCUT2D eigenvalue weighted by Gasteiger charge is -2.31. The summed E-state index contributed by atoms with van der Waals surface area (Å²) in [6, 6.07) is 6.09. The van der Waals surface area contributed by atoms with Gasteiger partial charge in [0.25, 0.3) is 0 Å². The van der Waals surface area contributed by atoms with E-state index in [1.165, 1.54) is 9.71 Å². The van der Waals surface area contributed by atoms with Crippen LogP contribution in [0.15, 0.2) is 18.2 Å². The first-order chi connectivity index (χ1) is 8.28. The van der Waals surface area contributed by atoms with Crippen LogP contribution in [0, 0.1) is 5.92 Å². The normalized spacial score (nSPS) is 18.0. The van der Waals surface area contributed by atoms with E-state index < -0.39 is 0 Å². The second kappa shape index (κ2) is 4.27. The number of aromatic nitrogens is 1. The molecule has 1 unspecified atom stereocenters. The first-order valence-corrected chi connectivity index (χ1v) is 6.75. The molecule has 90 valence electrons. The molecular formula is C13H16N2OS. The fourth-order valence-electron chi connectivity index (χ4n) is 2.11. The molecule has 1 aliphatic rings. The van der Waals surface area contributed by atoms with Crippen LogP contribution in [0.1, 0.15) is 17.8 Å². The Morgan fingerprint density at radius 1 is 1.47 bits per heavy atom. The Labute approximate surface area is 105 Å². The summed E-state index contributed by atoms with van der Waals surface area (Å²) in [5.74, 6) is 2.21. The molecule has 0 bridgehead atoms. The van der Waals surface area contributed by atoms with Crippen LogP contribution >= 0.6 is 11.3 Å². The molecule has 0 saturated carbocycles. The van der Waals surface area contributed by atoms with E-state index in [4.69, 9.17) is 9.72 Å². The molecule has 4 heteroatoms. The van der Waals surface area contributed by atoms with Crippen molar-refractivity contribution in [2.24, 2.45) is 5.92 Å². The zero-order valence-electron chi connectivity index (χ0n) is 10.1. The number of nitrogens with zero attached hydrogens (tertiary/aromatic N) is 1. The summed E-state index contributed by atoms with van der Waals surface area (Å²) in [6.07, 6.45) is 0. The number of methoxy groups -OCH3 is 1. The summed E-state index contributed by atoms with van der Waals surface area (Å²) < 4.78 is 6.46. The first-order valence-electron chi connectivity index (χ1n) is 5.93. The van der Waals surface area contributed by atoms with Crippen molar-refractivity contribution >= 4 is 21.6 Å². The number of thiazole rings is 1. The predicted molar refractivity (Wildman–Crippen MR) is 70.9 cm³/mol. The van der Waals surface area contributed by atoms with Gasteiger partial charge in [-0.3, -0.25) is 0 Å². The molecule has 0 amide bonds.